The molecule has 0 saturated carbocycles. The molecule has 0 aliphatic rings. The number of carbonyl (C=O) groups is 3. The van der Waals surface area contributed by atoms with E-state index in [0.717, 1.165) is 83.5 Å². The molecule has 0 heterocycles. The van der Waals surface area contributed by atoms with Crippen LogP contribution in [0, 0.1) is 0 Å². The van der Waals surface area contributed by atoms with Gasteiger partial charge in [0.25, 0.3) is 0 Å². The van der Waals surface area contributed by atoms with Crippen molar-refractivity contribution in [1.29, 1.82) is 0 Å². The van der Waals surface area contributed by atoms with Gasteiger partial charge in [0.1, 0.15) is 12.7 Å². The average molecular weight is 947 g/mol. The first-order valence-electron chi connectivity index (χ1n) is 25.5. The first-order chi connectivity index (χ1) is 32.2. The van der Waals surface area contributed by atoms with Crippen LogP contribution < -0.4 is 0 Å². The minimum atomic E-state index is -4.76. The zero-order valence-corrected chi connectivity index (χ0v) is 42.3. The maximum atomic E-state index is 12.8. The first-order valence-corrected chi connectivity index (χ1v) is 27.0. The van der Waals surface area contributed by atoms with Crippen molar-refractivity contribution in [2.75, 3.05) is 26.4 Å². The lowest BCUT2D eigenvalue weighted by atomic mass is 10.0. The van der Waals surface area contributed by atoms with Crippen LogP contribution in [0.4, 0.5) is 0 Å². The van der Waals surface area contributed by atoms with E-state index >= 15 is 0 Å². The van der Waals surface area contributed by atoms with Gasteiger partial charge in [-0.3, -0.25) is 23.4 Å². The van der Waals surface area contributed by atoms with Crippen molar-refractivity contribution >= 4 is 25.7 Å². The van der Waals surface area contributed by atoms with Crippen molar-refractivity contribution in [2.24, 2.45) is 0 Å². The van der Waals surface area contributed by atoms with Gasteiger partial charge in [0.15, 0.2) is 6.10 Å². The number of esters is 3. The molecule has 0 fully saturated rings. The molecule has 378 valence electrons. The summed E-state index contributed by atoms with van der Waals surface area (Å²) in [7, 11) is -4.76. The monoisotopic (exact) mass is 947 g/mol. The van der Waals surface area contributed by atoms with Crippen LogP contribution in [0.3, 0.4) is 0 Å². The first kappa shape index (κ1) is 62.7. The number of aliphatic hydroxyl groups excluding tert-OH is 1. The Balaban J connectivity index is 4.85. The summed E-state index contributed by atoms with van der Waals surface area (Å²) in [5, 5.41) is 9.77. The molecule has 66 heavy (non-hydrogen) atoms. The van der Waals surface area contributed by atoms with E-state index in [2.05, 4.69) is 93.7 Å². The largest absolute Gasteiger partial charge is 0.472 e. The van der Waals surface area contributed by atoms with Crippen molar-refractivity contribution < 1.29 is 52.2 Å². The summed E-state index contributed by atoms with van der Waals surface area (Å²) in [6, 6.07) is 0. The highest BCUT2D eigenvalue weighted by Crippen LogP contribution is 2.43. The van der Waals surface area contributed by atoms with Crippen LogP contribution in [0.2, 0.25) is 0 Å². The molecule has 12 heteroatoms. The number of hydrogen-bond acceptors (Lipinski definition) is 10. The normalized spacial score (nSPS) is 14.2. The van der Waals surface area contributed by atoms with Crippen LogP contribution >= 0.6 is 7.82 Å². The lowest BCUT2D eigenvalue weighted by Crippen LogP contribution is -2.30. The van der Waals surface area contributed by atoms with E-state index in [4.69, 9.17) is 23.3 Å². The van der Waals surface area contributed by atoms with E-state index in [1.54, 1.807) is 0 Å². The number of allylic oxidation sites excluding steroid dienone is 14. The predicted octanol–water partition coefficient (Wildman–Crippen LogP) is 14.4. The van der Waals surface area contributed by atoms with E-state index in [1.165, 1.54) is 57.8 Å². The van der Waals surface area contributed by atoms with E-state index in [-0.39, 0.29) is 25.9 Å². The van der Waals surface area contributed by atoms with Crippen LogP contribution in [0.25, 0.3) is 0 Å². The van der Waals surface area contributed by atoms with Crippen molar-refractivity contribution in [1.82, 2.24) is 0 Å². The molecule has 0 aromatic carbocycles. The van der Waals surface area contributed by atoms with Crippen molar-refractivity contribution in [3.8, 4) is 0 Å². The molecule has 2 N–H and O–H groups in total. The molecule has 0 radical (unpaired) electrons. The Morgan fingerprint density at radius 2 is 0.818 bits per heavy atom. The van der Waals surface area contributed by atoms with Crippen molar-refractivity contribution in [3.63, 3.8) is 0 Å². The topological polar surface area (TPSA) is 155 Å². The van der Waals surface area contributed by atoms with Crippen LogP contribution in [0.5, 0.6) is 0 Å². The summed E-state index contributed by atoms with van der Waals surface area (Å²) in [6.45, 7) is 4.27. The Morgan fingerprint density at radius 3 is 1.30 bits per heavy atom. The molecule has 0 aliphatic heterocycles. The molecule has 0 amide bonds. The van der Waals surface area contributed by atoms with Crippen LogP contribution in [-0.4, -0.2) is 66.5 Å². The summed E-state index contributed by atoms with van der Waals surface area (Å²) in [4.78, 5) is 48.2. The average Bonchev–Trinajstić information content (AvgIpc) is 3.30. The molecule has 3 unspecified atom stereocenters. The SMILES string of the molecule is CC/C=C\C/C=C\C/C=C\C/C=C\CCC(=O)OC(COC(=O)CCCCC/C=C\C/C=C\C/C=C\CC)COP(=O)(O)OCC(CO)OC(=O)CCCCCCCCCCCCCCC. The summed E-state index contributed by atoms with van der Waals surface area (Å²) < 4.78 is 39.2. The number of unbranched alkanes of at least 4 members (excludes halogenated alkanes) is 15. The second-order valence-electron chi connectivity index (χ2n) is 16.6. The highest BCUT2D eigenvalue weighted by molar-refractivity contribution is 7.47. The number of carbonyl (C=O) groups excluding carboxylic acids is 3. The molecule has 0 aromatic rings. The third-order valence-electron chi connectivity index (χ3n) is 10.3. The smallest absolute Gasteiger partial charge is 0.462 e. The molecule has 0 bridgehead atoms. The van der Waals surface area contributed by atoms with Crippen molar-refractivity contribution in [2.45, 2.75) is 213 Å². The lowest BCUT2D eigenvalue weighted by Gasteiger charge is -2.21. The van der Waals surface area contributed by atoms with Gasteiger partial charge >= 0.3 is 25.7 Å². The fourth-order valence-electron chi connectivity index (χ4n) is 6.50. The second kappa shape index (κ2) is 48.1. The van der Waals surface area contributed by atoms with Gasteiger partial charge in [0.2, 0.25) is 0 Å². The Bertz CT molecular complexity index is 1430. The molecular formula is C54H91O11P. The highest BCUT2D eigenvalue weighted by Gasteiger charge is 2.28. The fraction of sp³-hybridized carbons (Fsp3) is 0.685. The van der Waals surface area contributed by atoms with Gasteiger partial charge in [-0.1, -0.05) is 189 Å². The van der Waals surface area contributed by atoms with Gasteiger partial charge in [-0.2, -0.15) is 0 Å². The molecule has 0 aliphatic carbocycles. The second-order valence-corrected chi connectivity index (χ2v) is 18.0. The van der Waals surface area contributed by atoms with Gasteiger partial charge in [-0.15, -0.1) is 0 Å². The molecule has 0 aromatic heterocycles. The third-order valence-corrected chi connectivity index (χ3v) is 11.3. The molecule has 0 saturated heterocycles. The third kappa shape index (κ3) is 45.8. The van der Waals surface area contributed by atoms with Gasteiger partial charge in [-0.25, -0.2) is 4.57 Å². The molecule has 11 nitrogen and oxygen atoms in total. The predicted molar refractivity (Wildman–Crippen MR) is 270 cm³/mol. The quantitative estimate of drug-likeness (QED) is 0.0197. The number of ether oxygens (including phenoxy) is 3. The van der Waals surface area contributed by atoms with E-state index in [0.29, 0.717) is 19.3 Å². The summed E-state index contributed by atoms with van der Waals surface area (Å²) in [5.74, 6) is -1.60. The fourth-order valence-corrected chi connectivity index (χ4v) is 7.28. The zero-order chi connectivity index (χ0) is 48.4. The van der Waals surface area contributed by atoms with Crippen LogP contribution in [-0.2, 0) is 42.2 Å². The number of hydrogen-bond donors (Lipinski definition) is 2. The van der Waals surface area contributed by atoms with Gasteiger partial charge in [0, 0.05) is 19.3 Å². The lowest BCUT2D eigenvalue weighted by molar-refractivity contribution is -0.161. The number of rotatable bonds is 46. The van der Waals surface area contributed by atoms with Crippen LogP contribution in [0.15, 0.2) is 85.1 Å². The molecule has 0 rings (SSSR count). The van der Waals surface area contributed by atoms with Gasteiger partial charge in [0.05, 0.1) is 19.8 Å². The number of aliphatic hydroxyl groups is 1. The summed E-state index contributed by atoms with van der Waals surface area (Å²) in [6.07, 6.45) is 52.9. The van der Waals surface area contributed by atoms with E-state index in [1.807, 2.05) is 12.2 Å². The maximum Gasteiger partial charge on any atom is 0.472 e. The minimum Gasteiger partial charge on any atom is -0.462 e. The Morgan fingerprint density at radius 1 is 0.439 bits per heavy atom. The van der Waals surface area contributed by atoms with Gasteiger partial charge < -0.3 is 24.2 Å². The van der Waals surface area contributed by atoms with Crippen LogP contribution in [0.1, 0.15) is 201 Å². The van der Waals surface area contributed by atoms with E-state index in [9.17, 15) is 28.9 Å². The Kier molecular flexibility index (Phi) is 45.7. The minimum absolute atomic E-state index is 0.0376. The van der Waals surface area contributed by atoms with E-state index < -0.39 is 57.8 Å². The zero-order valence-electron chi connectivity index (χ0n) is 41.4. The van der Waals surface area contributed by atoms with Crippen molar-refractivity contribution in [3.05, 3.63) is 85.1 Å². The standard InChI is InChI=1S/C54H91O11P/c1-4-7-10-13-16-19-22-25-28-31-34-37-40-43-52(56)61-47-51(65-54(58)45-42-39-36-33-30-27-24-21-18-15-12-9-6-3)49-63-66(59,60)62-48-50(46-55)64-53(57)44-41-38-35-32-29-26-23-20-17-14-11-8-5-2/h7,9-10,12,16,18-19,21,25,27-28,30,36,39,50-51,55H,4-6,8,11,13-15,17,20,22-24,26,29,31-35,37-38,40-49H2,1-3H3,(H,59,60)/b10-7-,12-9-,19-16-,21-18-,28-25-,30-27-,39-36-. The number of phosphoric acid groups is 1. The Labute approximate surface area is 400 Å². The molecule has 0 spiro atoms. The summed E-state index contributed by atoms with van der Waals surface area (Å²) in [5.41, 5.74) is 0. The summed E-state index contributed by atoms with van der Waals surface area (Å²) >= 11 is 0. The Hall–Kier alpha value is -3.34. The maximum absolute atomic E-state index is 12.8. The molecule has 3 atom stereocenters. The number of phosphoric ester groups is 1. The highest BCUT2D eigenvalue weighted by atomic mass is 31.2. The van der Waals surface area contributed by atoms with Gasteiger partial charge in [-0.05, 0) is 77.0 Å². The molecular weight excluding hydrogens is 856 g/mol.